The normalized spacial score (nSPS) is 10.8. The van der Waals surface area contributed by atoms with E-state index in [4.69, 9.17) is 9.47 Å². The number of rotatable bonds is 8. The number of halogens is 1. The fourth-order valence-electron chi connectivity index (χ4n) is 3.07. The van der Waals surface area contributed by atoms with E-state index < -0.39 is 0 Å². The molecule has 1 heterocycles. The summed E-state index contributed by atoms with van der Waals surface area (Å²) in [5, 5.41) is 6.57. The van der Waals surface area contributed by atoms with Gasteiger partial charge in [0, 0.05) is 37.6 Å². The molecule has 170 valence electrons. The molecule has 0 fully saturated rings. The molecule has 2 aromatic carbocycles. The van der Waals surface area contributed by atoms with Crippen LogP contribution in [0.25, 0.3) is 0 Å². The third kappa shape index (κ3) is 7.01. The van der Waals surface area contributed by atoms with Crippen LogP contribution in [0, 0.1) is 0 Å². The van der Waals surface area contributed by atoms with E-state index in [9.17, 15) is 4.79 Å². The van der Waals surface area contributed by atoms with E-state index in [-0.39, 0.29) is 29.5 Å². The number of hydrogen-bond donors (Lipinski definition) is 2. The molecule has 3 rings (SSSR count). The molecule has 0 radical (unpaired) electrons. The Morgan fingerprint density at radius 2 is 1.78 bits per heavy atom. The summed E-state index contributed by atoms with van der Waals surface area (Å²) in [4.78, 5) is 16.1. The van der Waals surface area contributed by atoms with E-state index in [2.05, 4.69) is 15.6 Å². The molecule has 8 heteroatoms. The average Bonchev–Trinajstić information content (AvgIpc) is 2.79. The third-order valence-electron chi connectivity index (χ3n) is 4.68. The highest BCUT2D eigenvalue weighted by molar-refractivity contribution is 14.0. The van der Waals surface area contributed by atoms with Crippen LogP contribution in [0.15, 0.2) is 76.6 Å². The molecule has 0 aliphatic heterocycles. The molecule has 0 aliphatic rings. The quantitative estimate of drug-likeness (QED) is 0.252. The second-order valence-electron chi connectivity index (χ2n) is 6.83. The molecule has 0 spiro atoms. The highest BCUT2D eigenvalue weighted by Crippen LogP contribution is 2.30. The van der Waals surface area contributed by atoms with Gasteiger partial charge in [-0.2, -0.15) is 0 Å². The first-order valence-electron chi connectivity index (χ1n) is 10.1. The van der Waals surface area contributed by atoms with E-state index in [1.165, 1.54) is 0 Å². The topological polar surface area (TPSA) is 76.9 Å². The summed E-state index contributed by atoms with van der Waals surface area (Å²) >= 11 is 0. The maximum atomic E-state index is 11.9. The van der Waals surface area contributed by atoms with Crippen LogP contribution in [0.4, 0.5) is 5.69 Å². The van der Waals surface area contributed by atoms with Gasteiger partial charge in [-0.3, -0.25) is 9.79 Å². The number of aliphatic imine (C=N–C) groups is 1. The van der Waals surface area contributed by atoms with Gasteiger partial charge in [-0.15, -0.1) is 24.0 Å². The molecule has 0 atom stereocenters. The Morgan fingerprint density at radius 3 is 2.44 bits per heavy atom. The number of nitrogens with one attached hydrogen (secondary N) is 2. The minimum atomic E-state index is -0.00542. The van der Waals surface area contributed by atoms with E-state index in [0.717, 1.165) is 16.8 Å². The van der Waals surface area contributed by atoms with Crippen molar-refractivity contribution in [3.63, 3.8) is 0 Å². The molecule has 0 saturated carbocycles. The Bertz CT molecular complexity index is 1080. The third-order valence-corrected chi connectivity index (χ3v) is 4.68. The van der Waals surface area contributed by atoms with Crippen molar-refractivity contribution in [1.29, 1.82) is 0 Å². The molecule has 1 aromatic heterocycles. The first-order chi connectivity index (χ1) is 15.1. The van der Waals surface area contributed by atoms with E-state index in [1.54, 1.807) is 37.1 Å². The van der Waals surface area contributed by atoms with Crippen molar-refractivity contribution in [2.75, 3.05) is 26.1 Å². The number of guanidine groups is 1. The van der Waals surface area contributed by atoms with Crippen molar-refractivity contribution < 1.29 is 9.47 Å². The molecular formula is C24H29IN4O3. The summed E-state index contributed by atoms with van der Waals surface area (Å²) in [6, 6.07) is 19.0. The molecular weight excluding hydrogens is 519 g/mol. The molecule has 2 N–H and O–H groups in total. The number of anilines is 1. The van der Waals surface area contributed by atoms with Crippen LogP contribution in [0.5, 0.6) is 11.5 Å². The first kappa shape index (κ1) is 25.3. The number of ether oxygens (including phenoxy) is 2. The number of methoxy groups -OCH3 is 1. The minimum absolute atomic E-state index is 0. The Kier molecular flexibility index (Phi) is 10.1. The summed E-state index contributed by atoms with van der Waals surface area (Å²) < 4.78 is 12.6. The van der Waals surface area contributed by atoms with Gasteiger partial charge in [0.1, 0.15) is 0 Å². The van der Waals surface area contributed by atoms with Gasteiger partial charge in [0.2, 0.25) is 0 Å². The lowest BCUT2D eigenvalue weighted by Gasteiger charge is -2.15. The number of pyridine rings is 1. The predicted molar refractivity (Wildman–Crippen MR) is 140 cm³/mol. The van der Waals surface area contributed by atoms with Crippen LogP contribution >= 0.6 is 24.0 Å². The zero-order valence-electron chi connectivity index (χ0n) is 18.5. The van der Waals surface area contributed by atoms with Crippen LogP contribution in [0.2, 0.25) is 0 Å². The lowest BCUT2D eigenvalue weighted by atomic mass is 10.1. The smallest absolute Gasteiger partial charge is 0.250 e. The maximum Gasteiger partial charge on any atom is 0.250 e. The predicted octanol–water partition coefficient (Wildman–Crippen LogP) is 4.11. The lowest BCUT2D eigenvalue weighted by Crippen LogP contribution is -2.30. The van der Waals surface area contributed by atoms with Crippen molar-refractivity contribution in [1.82, 2.24) is 9.88 Å². The Balaban J connectivity index is 0.00000363. The monoisotopic (exact) mass is 548 g/mol. The zero-order valence-corrected chi connectivity index (χ0v) is 20.8. The van der Waals surface area contributed by atoms with Crippen molar-refractivity contribution in [2.24, 2.45) is 4.99 Å². The van der Waals surface area contributed by atoms with Gasteiger partial charge in [-0.25, -0.2) is 0 Å². The average molecular weight is 548 g/mol. The van der Waals surface area contributed by atoms with Crippen LogP contribution in [-0.4, -0.2) is 31.3 Å². The van der Waals surface area contributed by atoms with Crippen molar-refractivity contribution in [2.45, 2.75) is 20.0 Å². The molecule has 0 amide bonds. The summed E-state index contributed by atoms with van der Waals surface area (Å²) in [6.45, 7) is 3.65. The van der Waals surface area contributed by atoms with Crippen molar-refractivity contribution in [3.05, 3.63) is 88.3 Å². The SMILES string of the molecule is CCOc1cc(NC(=NC)NCc2ccc(Cn3ccccc3=O)cc2)ccc1OC.I. The summed E-state index contributed by atoms with van der Waals surface area (Å²) in [7, 11) is 3.35. The van der Waals surface area contributed by atoms with Crippen LogP contribution in [0.3, 0.4) is 0 Å². The standard InChI is InChI=1S/C24H28N4O3.HI/c1-4-31-22-15-20(12-13-21(22)30-3)27-24(25-2)26-16-18-8-10-19(11-9-18)17-28-14-6-5-7-23(28)29;/h5-15H,4,16-17H2,1-3H3,(H2,25,26,27);1H. The van der Waals surface area contributed by atoms with Crippen LogP contribution in [-0.2, 0) is 13.1 Å². The number of aromatic nitrogens is 1. The molecule has 0 bridgehead atoms. The van der Waals surface area contributed by atoms with Gasteiger partial charge >= 0.3 is 0 Å². The fraction of sp³-hybridized carbons (Fsp3) is 0.250. The zero-order chi connectivity index (χ0) is 22.1. The Hall–Kier alpha value is -3.01. The molecule has 0 saturated heterocycles. The van der Waals surface area contributed by atoms with Gasteiger partial charge in [-0.05, 0) is 36.2 Å². The Labute approximate surface area is 205 Å². The summed E-state index contributed by atoms with van der Waals surface area (Å²) in [5.41, 5.74) is 3.02. The molecule has 0 unspecified atom stereocenters. The van der Waals surface area contributed by atoms with Crippen molar-refractivity contribution in [3.8, 4) is 11.5 Å². The largest absolute Gasteiger partial charge is 0.493 e. The van der Waals surface area contributed by atoms with E-state index in [1.807, 2.05) is 55.5 Å². The van der Waals surface area contributed by atoms with Gasteiger partial charge in [0.05, 0.1) is 20.3 Å². The molecule has 3 aromatic rings. The van der Waals surface area contributed by atoms with Crippen LogP contribution in [0.1, 0.15) is 18.1 Å². The van der Waals surface area contributed by atoms with Gasteiger partial charge in [-0.1, -0.05) is 30.3 Å². The summed E-state index contributed by atoms with van der Waals surface area (Å²) in [5.74, 6) is 2.01. The summed E-state index contributed by atoms with van der Waals surface area (Å²) in [6.07, 6.45) is 1.80. The number of benzene rings is 2. The number of hydrogen-bond acceptors (Lipinski definition) is 4. The number of nitrogens with zero attached hydrogens (tertiary/aromatic N) is 2. The van der Waals surface area contributed by atoms with Gasteiger partial charge < -0.3 is 24.7 Å². The van der Waals surface area contributed by atoms with Gasteiger partial charge in [0.15, 0.2) is 17.5 Å². The fourth-order valence-corrected chi connectivity index (χ4v) is 3.07. The molecule has 0 aliphatic carbocycles. The van der Waals surface area contributed by atoms with E-state index in [0.29, 0.717) is 37.2 Å². The second kappa shape index (κ2) is 12.7. The minimum Gasteiger partial charge on any atom is -0.493 e. The van der Waals surface area contributed by atoms with Crippen molar-refractivity contribution >= 4 is 35.6 Å². The highest BCUT2D eigenvalue weighted by Gasteiger charge is 2.07. The Morgan fingerprint density at radius 1 is 1.03 bits per heavy atom. The van der Waals surface area contributed by atoms with E-state index >= 15 is 0 Å². The molecule has 32 heavy (non-hydrogen) atoms. The highest BCUT2D eigenvalue weighted by atomic mass is 127. The first-order valence-corrected chi connectivity index (χ1v) is 10.1. The van der Waals surface area contributed by atoms with Crippen LogP contribution < -0.4 is 25.7 Å². The second-order valence-corrected chi connectivity index (χ2v) is 6.83. The maximum absolute atomic E-state index is 11.9. The van der Waals surface area contributed by atoms with Gasteiger partial charge in [0.25, 0.3) is 5.56 Å². The lowest BCUT2D eigenvalue weighted by molar-refractivity contribution is 0.311. The molecule has 7 nitrogen and oxygen atoms in total.